The molecule has 0 fully saturated rings. The lowest BCUT2D eigenvalue weighted by Crippen LogP contribution is -2.21. The molecule has 5 rings (SSSR count). The summed E-state index contributed by atoms with van der Waals surface area (Å²) in [5.41, 5.74) is 10.1. The summed E-state index contributed by atoms with van der Waals surface area (Å²) in [4.78, 5) is 50.7. The van der Waals surface area contributed by atoms with E-state index >= 15 is 0 Å². The molecule has 5 aromatic carbocycles. The first-order valence-electron chi connectivity index (χ1n) is 15.2. The standard InChI is InChI=1S/C38H30Cl2N6O4/c1-23(29-5-3-7-33(21-29)41-35(47)25-13-17-31(39)18-14-25)43-45-37(49)27-9-11-28(12-10-27)38(50)46-44-24(2)30-6-4-8-34(22-30)42-36(48)26-15-19-32(40)20-16-26/h3-22H,1-2H3,(H,41,47)(H,42,48)(H,45,49)(H,46,50). The molecule has 0 atom stereocenters. The molecule has 4 amide bonds. The van der Waals surface area contributed by atoms with Gasteiger partial charge in [-0.15, -0.1) is 0 Å². The Morgan fingerprint density at radius 2 is 0.760 bits per heavy atom. The third kappa shape index (κ3) is 9.50. The van der Waals surface area contributed by atoms with E-state index in [9.17, 15) is 19.2 Å². The highest BCUT2D eigenvalue weighted by atomic mass is 35.5. The highest BCUT2D eigenvalue weighted by molar-refractivity contribution is 6.31. The number of anilines is 2. The van der Waals surface area contributed by atoms with E-state index < -0.39 is 11.8 Å². The van der Waals surface area contributed by atoms with E-state index in [0.29, 0.717) is 66.2 Å². The minimum atomic E-state index is -0.472. The molecule has 0 aliphatic carbocycles. The molecule has 0 spiro atoms. The van der Waals surface area contributed by atoms with E-state index in [1.807, 2.05) is 0 Å². The molecule has 0 unspecified atom stereocenters. The number of rotatable bonds is 10. The zero-order valence-electron chi connectivity index (χ0n) is 26.8. The lowest BCUT2D eigenvalue weighted by molar-refractivity contribution is 0.0943. The molecule has 0 heterocycles. The molecule has 0 radical (unpaired) electrons. The molecule has 50 heavy (non-hydrogen) atoms. The first kappa shape index (κ1) is 35.2. The number of hydrogen-bond acceptors (Lipinski definition) is 6. The van der Waals surface area contributed by atoms with Crippen molar-refractivity contribution in [2.75, 3.05) is 10.6 Å². The van der Waals surface area contributed by atoms with Gasteiger partial charge in [0.05, 0.1) is 11.4 Å². The zero-order valence-corrected chi connectivity index (χ0v) is 28.3. The van der Waals surface area contributed by atoms with Crippen molar-refractivity contribution in [3.05, 3.63) is 165 Å². The second-order valence-electron chi connectivity index (χ2n) is 10.9. The molecule has 12 heteroatoms. The summed E-state index contributed by atoms with van der Waals surface area (Å²) in [7, 11) is 0. The Balaban J connectivity index is 1.14. The fourth-order valence-corrected chi connectivity index (χ4v) is 4.81. The summed E-state index contributed by atoms with van der Waals surface area (Å²) in [6.45, 7) is 3.45. The van der Waals surface area contributed by atoms with Crippen LogP contribution in [0.15, 0.2) is 132 Å². The quantitative estimate of drug-likeness (QED) is 0.0869. The predicted octanol–water partition coefficient (Wildman–Crippen LogP) is 7.81. The summed E-state index contributed by atoms with van der Waals surface area (Å²) >= 11 is 11.8. The number of hydrazone groups is 2. The van der Waals surface area contributed by atoms with Crippen molar-refractivity contribution in [1.82, 2.24) is 10.9 Å². The van der Waals surface area contributed by atoms with Gasteiger partial charge in [-0.05, 0) is 122 Å². The third-order valence-electron chi connectivity index (χ3n) is 7.35. The third-order valence-corrected chi connectivity index (χ3v) is 7.85. The van der Waals surface area contributed by atoms with Crippen LogP contribution in [-0.2, 0) is 0 Å². The molecule has 250 valence electrons. The van der Waals surface area contributed by atoms with Crippen LogP contribution in [0.5, 0.6) is 0 Å². The second-order valence-corrected chi connectivity index (χ2v) is 11.8. The van der Waals surface area contributed by atoms with Crippen molar-refractivity contribution >= 4 is 69.6 Å². The van der Waals surface area contributed by atoms with Crippen LogP contribution in [-0.4, -0.2) is 35.1 Å². The van der Waals surface area contributed by atoms with Gasteiger partial charge in [0, 0.05) is 43.7 Å². The Kier molecular flexibility index (Phi) is 11.5. The Morgan fingerprint density at radius 3 is 1.12 bits per heavy atom. The molecule has 4 N–H and O–H groups in total. The minimum absolute atomic E-state index is 0.288. The van der Waals surface area contributed by atoms with Crippen LogP contribution in [0.2, 0.25) is 10.0 Å². The largest absolute Gasteiger partial charge is 0.322 e. The number of halogens is 2. The van der Waals surface area contributed by atoms with Gasteiger partial charge in [0.1, 0.15) is 0 Å². The molecule has 10 nitrogen and oxygen atoms in total. The van der Waals surface area contributed by atoms with Crippen LogP contribution in [0.1, 0.15) is 66.4 Å². The van der Waals surface area contributed by atoms with Gasteiger partial charge in [0.15, 0.2) is 0 Å². The number of benzene rings is 5. The van der Waals surface area contributed by atoms with Gasteiger partial charge in [-0.2, -0.15) is 10.2 Å². The number of hydrogen-bond donors (Lipinski definition) is 4. The van der Waals surface area contributed by atoms with E-state index in [1.54, 1.807) is 111 Å². The van der Waals surface area contributed by atoms with E-state index in [-0.39, 0.29) is 11.8 Å². The van der Waals surface area contributed by atoms with Gasteiger partial charge >= 0.3 is 0 Å². The normalized spacial score (nSPS) is 11.4. The number of nitrogens with one attached hydrogen (secondary N) is 4. The summed E-state index contributed by atoms with van der Waals surface area (Å²) in [6.07, 6.45) is 0. The molecule has 0 saturated carbocycles. The fraction of sp³-hybridized carbons (Fsp3) is 0.0526. The van der Waals surface area contributed by atoms with Gasteiger partial charge in [-0.3, -0.25) is 19.2 Å². The average molecular weight is 706 g/mol. The Bertz CT molecular complexity index is 1960. The highest BCUT2D eigenvalue weighted by Gasteiger charge is 2.12. The molecule has 0 bridgehead atoms. The molecular weight excluding hydrogens is 675 g/mol. The van der Waals surface area contributed by atoms with Gasteiger partial charge < -0.3 is 10.6 Å². The lowest BCUT2D eigenvalue weighted by atomic mass is 10.1. The van der Waals surface area contributed by atoms with Crippen LogP contribution in [0.3, 0.4) is 0 Å². The van der Waals surface area contributed by atoms with E-state index in [1.165, 1.54) is 24.3 Å². The van der Waals surface area contributed by atoms with E-state index in [2.05, 4.69) is 31.7 Å². The molecular formula is C38H30Cl2N6O4. The minimum Gasteiger partial charge on any atom is -0.322 e. The van der Waals surface area contributed by atoms with Crippen molar-refractivity contribution in [2.45, 2.75) is 13.8 Å². The highest BCUT2D eigenvalue weighted by Crippen LogP contribution is 2.17. The van der Waals surface area contributed by atoms with Crippen molar-refractivity contribution in [2.24, 2.45) is 10.2 Å². The van der Waals surface area contributed by atoms with Crippen molar-refractivity contribution < 1.29 is 19.2 Å². The average Bonchev–Trinajstić information content (AvgIpc) is 3.13. The van der Waals surface area contributed by atoms with Crippen molar-refractivity contribution in [3.8, 4) is 0 Å². The summed E-state index contributed by atoms with van der Waals surface area (Å²) in [5.74, 6) is -1.52. The predicted molar refractivity (Wildman–Crippen MR) is 197 cm³/mol. The van der Waals surface area contributed by atoms with Gasteiger partial charge in [0.2, 0.25) is 0 Å². The maximum Gasteiger partial charge on any atom is 0.271 e. The molecule has 0 aromatic heterocycles. The maximum atomic E-state index is 12.8. The Labute approximate surface area is 298 Å². The lowest BCUT2D eigenvalue weighted by Gasteiger charge is -2.09. The topological polar surface area (TPSA) is 141 Å². The summed E-state index contributed by atoms with van der Waals surface area (Å²) in [5, 5.41) is 15.1. The van der Waals surface area contributed by atoms with E-state index in [0.717, 1.165) is 0 Å². The van der Waals surface area contributed by atoms with Crippen LogP contribution in [0.4, 0.5) is 11.4 Å². The number of carbonyl (C=O) groups excluding carboxylic acids is 4. The van der Waals surface area contributed by atoms with Crippen molar-refractivity contribution in [3.63, 3.8) is 0 Å². The maximum absolute atomic E-state index is 12.8. The Hall–Kier alpha value is -6.10. The number of amides is 4. The van der Waals surface area contributed by atoms with Crippen LogP contribution < -0.4 is 21.5 Å². The summed E-state index contributed by atoms with van der Waals surface area (Å²) in [6, 6.07) is 33.2. The van der Waals surface area contributed by atoms with Crippen LogP contribution in [0.25, 0.3) is 0 Å². The first-order chi connectivity index (χ1) is 24.0. The summed E-state index contributed by atoms with van der Waals surface area (Å²) < 4.78 is 0. The van der Waals surface area contributed by atoms with Gasteiger partial charge in [-0.1, -0.05) is 47.5 Å². The van der Waals surface area contributed by atoms with Crippen LogP contribution >= 0.6 is 23.2 Å². The fourth-order valence-electron chi connectivity index (χ4n) is 4.55. The number of carbonyl (C=O) groups is 4. The van der Waals surface area contributed by atoms with Crippen molar-refractivity contribution in [1.29, 1.82) is 0 Å². The SMILES string of the molecule is CC(=NNC(=O)c1ccc(C(=O)NN=C(C)c2cccc(NC(=O)c3ccc(Cl)cc3)c2)cc1)c1cccc(NC(=O)c2ccc(Cl)cc2)c1. The van der Waals surface area contributed by atoms with E-state index in [4.69, 9.17) is 23.2 Å². The molecule has 0 aliphatic heterocycles. The first-order valence-corrected chi connectivity index (χ1v) is 16.0. The van der Waals surface area contributed by atoms with Crippen LogP contribution in [0, 0.1) is 0 Å². The molecule has 0 saturated heterocycles. The Morgan fingerprint density at radius 1 is 0.440 bits per heavy atom. The zero-order chi connectivity index (χ0) is 35.6. The molecule has 0 aliphatic rings. The molecule has 5 aromatic rings. The smallest absolute Gasteiger partial charge is 0.271 e. The van der Waals surface area contributed by atoms with Gasteiger partial charge in [-0.25, -0.2) is 10.9 Å². The van der Waals surface area contributed by atoms with Gasteiger partial charge in [0.25, 0.3) is 23.6 Å². The second kappa shape index (κ2) is 16.3. The number of nitrogens with zero attached hydrogens (tertiary/aromatic N) is 2. The monoisotopic (exact) mass is 704 g/mol.